The molecule has 7 heteroatoms. The summed E-state index contributed by atoms with van der Waals surface area (Å²) >= 11 is 0. The van der Waals surface area contributed by atoms with Gasteiger partial charge in [0, 0.05) is 47.7 Å². The second kappa shape index (κ2) is 6.76. The van der Waals surface area contributed by atoms with E-state index in [1.165, 1.54) is 0 Å². The number of aromatic nitrogens is 4. The number of nitrogens with zero attached hydrogens (tertiary/aromatic N) is 5. The van der Waals surface area contributed by atoms with Crippen molar-refractivity contribution in [3.05, 3.63) is 54.6 Å². The van der Waals surface area contributed by atoms with Crippen molar-refractivity contribution >= 4 is 11.3 Å². The fraction of sp³-hybridized carbons (Fsp3) is 0.286. The summed E-state index contributed by atoms with van der Waals surface area (Å²) in [6.07, 6.45) is 7.69. The molecule has 0 radical (unpaired) electrons. The van der Waals surface area contributed by atoms with Crippen molar-refractivity contribution in [1.82, 2.24) is 19.5 Å². The summed E-state index contributed by atoms with van der Waals surface area (Å²) in [5.41, 5.74) is 6.10. The summed E-state index contributed by atoms with van der Waals surface area (Å²) in [6, 6.07) is 6.36. The predicted octanol–water partition coefficient (Wildman–Crippen LogP) is 3.50. The molecule has 1 aliphatic rings. The molecule has 0 saturated carbocycles. The van der Waals surface area contributed by atoms with Gasteiger partial charge in [-0.15, -0.1) is 0 Å². The Morgan fingerprint density at radius 3 is 2.61 bits per heavy atom. The molecule has 5 rings (SSSR count). The van der Waals surface area contributed by atoms with Crippen LogP contribution in [0, 0.1) is 13.8 Å². The summed E-state index contributed by atoms with van der Waals surface area (Å²) in [5, 5.41) is 4.12. The summed E-state index contributed by atoms with van der Waals surface area (Å²) in [6.45, 7) is 7.16. The average molecular weight is 375 g/mol. The van der Waals surface area contributed by atoms with Crippen LogP contribution in [0.3, 0.4) is 0 Å². The molecule has 4 aromatic rings. The Labute approximate surface area is 162 Å². The van der Waals surface area contributed by atoms with E-state index in [0.29, 0.717) is 0 Å². The van der Waals surface area contributed by atoms with E-state index in [1.54, 1.807) is 0 Å². The summed E-state index contributed by atoms with van der Waals surface area (Å²) in [5.74, 6) is 1.79. The molecule has 4 aromatic heterocycles. The molecule has 0 bridgehead atoms. The second-order valence-corrected chi connectivity index (χ2v) is 7.03. The highest BCUT2D eigenvalue weighted by Crippen LogP contribution is 2.34. The Bertz CT molecular complexity index is 1100. The molecule has 0 aliphatic carbocycles. The zero-order valence-electron chi connectivity index (χ0n) is 15.9. The number of imidazole rings is 1. The van der Waals surface area contributed by atoms with Crippen molar-refractivity contribution in [1.29, 1.82) is 0 Å². The van der Waals surface area contributed by atoms with Crippen molar-refractivity contribution < 1.29 is 9.26 Å². The summed E-state index contributed by atoms with van der Waals surface area (Å²) in [7, 11) is 0. The van der Waals surface area contributed by atoms with Crippen LogP contribution in [-0.4, -0.2) is 45.8 Å². The van der Waals surface area contributed by atoms with Gasteiger partial charge in [-0.25, -0.2) is 9.97 Å². The van der Waals surface area contributed by atoms with Crippen molar-refractivity contribution in [3.63, 3.8) is 0 Å². The van der Waals surface area contributed by atoms with Crippen LogP contribution in [0.15, 0.2) is 47.6 Å². The predicted molar refractivity (Wildman–Crippen MR) is 106 cm³/mol. The molecule has 1 fully saturated rings. The van der Waals surface area contributed by atoms with Gasteiger partial charge in [0.05, 0.1) is 36.9 Å². The highest BCUT2D eigenvalue weighted by molar-refractivity contribution is 5.85. The minimum atomic E-state index is 0.752. The van der Waals surface area contributed by atoms with Crippen LogP contribution in [0.5, 0.6) is 0 Å². The van der Waals surface area contributed by atoms with Gasteiger partial charge in [-0.05, 0) is 32.0 Å². The van der Waals surface area contributed by atoms with Gasteiger partial charge >= 0.3 is 0 Å². The number of pyridine rings is 2. The molecule has 0 unspecified atom stereocenters. The minimum absolute atomic E-state index is 0.752. The number of hydrogen-bond donors (Lipinski definition) is 0. The second-order valence-electron chi connectivity index (χ2n) is 7.03. The molecule has 5 heterocycles. The minimum Gasteiger partial charge on any atom is -0.378 e. The molecule has 142 valence electrons. The van der Waals surface area contributed by atoms with Crippen LogP contribution >= 0.6 is 0 Å². The Morgan fingerprint density at radius 2 is 1.89 bits per heavy atom. The lowest BCUT2D eigenvalue weighted by molar-refractivity contribution is 0.122. The lowest BCUT2D eigenvalue weighted by Crippen LogP contribution is -2.36. The molecule has 7 nitrogen and oxygen atoms in total. The Kier molecular flexibility index (Phi) is 4.09. The van der Waals surface area contributed by atoms with Crippen molar-refractivity contribution in [2.45, 2.75) is 13.8 Å². The molecule has 1 saturated heterocycles. The highest BCUT2D eigenvalue weighted by Gasteiger charge is 2.17. The van der Waals surface area contributed by atoms with Gasteiger partial charge in [0.15, 0.2) is 0 Å². The van der Waals surface area contributed by atoms with Gasteiger partial charge in [0.1, 0.15) is 11.6 Å². The molecular formula is C21H21N5O2. The lowest BCUT2D eigenvalue weighted by Gasteiger charge is -2.27. The molecule has 0 spiro atoms. The van der Waals surface area contributed by atoms with Crippen LogP contribution in [0.4, 0.5) is 5.82 Å². The Balaban J connectivity index is 1.58. The maximum atomic E-state index is 5.42. The van der Waals surface area contributed by atoms with E-state index < -0.39 is 0 Å². The Morgan fingerprint density at radius 1 is 1.04 bits per heavy atom. The number of rotatable bonds is 3. The first-order chi connectivity index (χ1) is 13.7. The van der Waals surface area contributed by atoms with Crippen LogP contribution in [0.25, 0.3) is 27.8 Å². The summed E-state index contributed by atoms with van der Waals surface area (Å²) in [4.78, 5) is 11.3. The van der Waals surface area contributed by atoms with E-state index in [0.717, 1.165) is 71.3 Å². The van der Waals surface area contributed by atoms with E-state index in [-0.39, 0.29) is 0 Å². The van der Waals surface area contributed by atoms with Crippen molar-refractivity contribution in [2.24, 2.45) is 0 Å². The van der Waals surface area contributed by atoms with E-state index in [1.807, 2.05) is 37.0 Å². The molecule has 0 atom stereocenters. The van der Waals surface area contributed by atoms with Gasteiger partial charge in [-0.3, -0.25) is 0 Å². The van der Waals surface area contributed by atoms with Gasteiger partial charge in [-0.1, -0.05) is 5.16 Å². The van der Waals surface area contributed by atoms with Crippen molar-refractivity contribution in [3.8, 4) is 22.3 Å². The maximum absolute atomic E-state index is 5.42. The zero-order valence-corrected chi connectivity index (χ0v) is 15.9. The zero-order chi connectivity index (χ0) is 19.1. The topological polar surface area (TPSA) is 68.7 Å². The largest absolute Gasteiger partial charge is 0.378 e. The third-order valence-electron chi connectivity index (χ3n) is 5.24. The first-order valence-corrected chi connectivity index (χ1v) is 9.39. The molecule has 0 amide bonds. The lowest BCUT2D eigenvalue weighted by atomic mass is 10.00. The van der Waals surface area contributed by atoms with Crippen LogP contribution < -0.4 is 4.90 Å². The van der Waals surface area contributed by atoms with E-state index in [9.17, 15) is 0 Å². The van der Waals surface area contributed by atoms with Gasteiger partial charge < -0.3 is 18.6 Å². The Hall–Kier alpha value is -3.19. The smallest absolute Gasteiger partial charge is 0.141 e. The van der Waals surface area contributed by atoms with Gasteiger partial charge in [0.2, 0.25) is 0 Å². The van der Waals surface area contributed by atoms with Crippen LogP contribution in [0.2, 0.25) is 0 Å². The van der Waals surface area contributed by atoms with E-state index in [2.05, 4.69) is 44.4 Å². The number of fused-ring (bicyclic) bond motifs is 1. The van der Waals surface area contributed by atoms with Crippen molar-refractivity contribution in [2.75, 3.05) is 31.2 Å². The van der Waals surface area contributed by atoms with Crippen LogP contribution in [-0.2, 0) is 4.74 Å². The van der Waals surface area contributed by atoms with E-state index >= 15 is 0 Å². The van der Waals surface area contributed by atoms with Gasteiger partial charge in [0.25, 0.3) is 0 Å². The average Bonchev–Trinajstić information content (AvgIpc) is 3.34. The molecule has 0 aromatic carbocycles. The van der Waals surface area contributed by atoms with Gasteiger partial charge in [-0.2, -0.15) is 0 Å². The monoisotopic (exact) mass is 375 g/mol. The molecule has 28 heavy (non-hydrogen) atoms. The first kappa shape index (κ1) is 16.9. The number of morpholine rings is 1. The number of aryl methyl sites for hydroxylation is 2. The van der Waals surface area contributed by atoms with Crippen LogP contribution in [0.1, 0.15) is 11.5 Å². The molecule has 1 aliphatic heterocycles. The number of ether oxygens (including phenoxy) is 1. The standard InChI is InChI=1S/C21H21N5O2/c1-14-21(15(2)28-24-14)18-9-17(12-26-13-22-11-19(18)26)16-3-4-20(23-10-16)25-5-7-27-8-6-25/h3-4,9-13H,5-8H2,1-2H3. The molecular weight excluding hydrogens is 354 g/mol. The SMILES string of the molecule is Cc1noc(C)c1-c1cc(-c2ccc(N3CCOCC3)nc2)cn2cncc12. The third kappa shape index (κ3) is 2.84. The fourth-order valence-corrected chi connectivity index (χ4v) is 3.79. The maximum Gasteiger partial charge on any atom is 0.141 e. The quantitative estimate of drug-likeness (QED) is 0.546. The highest BCUT2D eigenvalue weighted by atomic mass is 16.5. The molecule has 0 N–H and O–H groups in total. The third-order valence-corrected chi connectivity index (χ3v) is 5.24. The number of hydrogen-bond acceptors (Lipinski definition) is 6. The fourth-order valence-electron chi connectivity index (χ4n) is 3.79. The first-order valence-electron chi connectivity index (χ1n) is 9.39. The van der Waals surface area contributed by atoms with E-state index in [4.69, 9.17) is 9.26 Å². The number of anilines is 1. The normalized spacial score (nSPS) is 14.7. The summed E-state index contributed by atoms with van der Waals surface area (Å²) < 4.78 is 12.9.